The maximum Gasteiger partial charge on any atom is 0.255 e. The molecule has 0 saturated carbocycles. The Kier molecular flexibility index (Phi) is 4.37. The molecule has 0 spiro atoms. The van der Waals surface area contributed by atoms with Gasteiger partial charge in [-0.3, -0.25) is 4.79 Å². The zero-order chi connectivity index (χ0) is 19.0. The van der Waals surface area contributed by atoms with Gasteiger partial charge in [0.2, 0.25) is 5.95 Å². The third-order valence-corrected chi connectivity index (χ3v) is 4.59. The molecule has 1 aliphatic heterocycles. The second-order valence-electron chi connectivity index (χ2n) is 6.08. The molecule has 0 fully saturated rings. The number of allylic oxidation sites excluding steroid dienone is 1. The van der Waals surface area contributed by atoms with E-state index in [0.29, 0.717) is 33.5 Å². The Bertz CT molecular complexity index is 1040. The number of hydrogen-bond acceptors (Lipinski definition) is 4. The Hall–Kier alpha value is -3.19. The van der Waals surface area contributed by atoms with Gasteiger partial charge in [-0.1, -0.05) is 29.8 Å². The zero-order valence-electron chi connectivity index (χ0n) is 14.3. The summed E-state index contributed by atoms with van der Waals surface area (Å²) in [5.74, 6) is -0.337. The molecule has 1 atom stereocenters. The third kappa shape index (κ3) is 3.17. The van der Waals surface area contributed by atoms with Crippen LogP contribution in [0.4, 0.5) is 16.0 Å². The van der Waals surface area contributed by atoms with E-state index in [9.17, 15) is 9.18 Å². The van der Waals surface area contributed by atoms with Crippen LogP contribution in [0.1, 0.15) is 18.5 Å². The minimum Gasteiger partial charge on any atom is -0.328 e. The summed E-state index contributed by atoms with van der Waals surface area (Å²) in [4.78, 5) is 17.2. The van der Waals surface area contributed by atoms with Crippen molar-refractivity contribution < 1.29 is 9.18 Å². The number of rotatable bonds is 3. The molecule has 136 valence electrons. The monoisotopic (exact) mass is 383 g/mol. The molecule has 0 unspecified atom stereocenters. The Morgan fingerprint density at radius 3 is 2.70 bits per heavy atom. The van der Waals surface area contributed by atoms with Crippen molar-refractivity contribution in [3.05, 3.63) is 82.5 Å². The Morgan fingerprint density at radius 2 is 1.96 bits per heavy atom. The molecule has 1 aromatic heterocycles. The number of fused-ring (bicyclic) bond motifs is 1. The fraction of sp³-hybridized carbons (Fsp3) is 0.105. The lowest BCUT2D eigenvalue weighted by molar-refractivity contribution is -0.113. The first-order valence-electron chi connectivity index (χ1n) is 8.23. The summed E-state index contributed by atoms with van der Waals surface area (Å²) in [7, 11) is 0. The number of aromatic nitrogens is 3. The highest BCUT2D eigenvalue weighted by molar-refractivity contribution is 6.30. The number of amides is 1. The van der Waals surface area contributed by atoms with Gasteiger partial charge in [-0.2, -0.15) is 10.1 Å². The van der Waals surface area contributed by atoms with Gasteiger partial charge in [-0.05, 0) is 37.3 Å². The average Bonchev–Trinajstić information content (AvgIpc) is 3.11. The zero-order valence-corrected chi connectivity index (χ0v) is 15.0. The molecule has 3 aromatic rings. The van der Waals surface area contributed by atoms with E-state index < -0.39 is 11.9 Å². The molecule has 2 aromatic carbocycles. The van der Waals surface area contributed by atoms with Crippen molar-refractivity contribution in [3.8, 4) is 0 Å². The number of carbonyl (C=O) groups is 1. The van der Waals surface area contributed by atoms with Crippen molar-refractivity contribution in [2.45, 2.75) is 13.0 Å². The fourth-order valence-electron chi connectivity index (χ4n) is 3.10. The van der Waals surface area contributed by atoms with Crippen LogP contribution in [0.2, 0.25) is 5.02 Å². The van der Waals surface area contributed by atoms with Gasteiger partial charge >= 0.3 is 0 Å². The molecule has 0 bridgehead atoms. The minimum absolute atomic E-state index is 0.339. The molecular weight excluding hydrogens is 369 g/mol. The molecule has 0 radical (unpaired) electrons. The number of benzene rings is 2. The highest BCUT2D eigenvalue weighted by Crippen LogP contribution is 2.36. The predicted molar refractivity (Wildman–Crippen MR) is 101 cm³/mol. The van der Waals surface area contributed by atoms with Gasteiger partial charge in [0.15, 0.2) is 0 Å². The van der Waals surface area contributed by atoms with Crippen LogP contribution in [-0.4, -0.2) is 20.7 Å². The van der Waals surface area contributed by atoms with Crippen molar-refractivity contribution in [2.24, 2.45) is 0 Å². The van der Waals surface area contributed by atoms with Gasteiger partial charge in [-0.25, -0.2) is 9.07 Å². The Balaban J connectivity index is 1.77. The first kappa shape index (κ1) is 17.2. The summed E-state index contributed by atoms with van der Waals surface area (Å²) in [6.07, 6.45) is 1.36. The molecule has 2 heterocycles. The molecule has 0 aliphatic carbocycles. The van der Waals surface area contributed by atoms with E-state index in [1.165, 1.54) is 17.1 Å². The maximum atomic E-state index is 14.6. The van der Waals surface area contributed by atoms with E-state index in [-0.39, 0.29) is 5.91 Å². The van der Waals surface area contributed by atoms with Crippen molar-refractivity contribution >= 4 is 29.1 Å². The van der Waals surface area contributed by atoms with Gasteiger partial charge < -0.3 is 10.6 Å². The number of nitrogens with one attached hydrogen (secondary N) is 2. The number of hydrogen-bond donors (Lipinski definition) is 2. The first-order chi connectivity index (χ1) is 13.0. The van der Waals surface area contributed by atoms with Gasteiger partial charge in [0, 0.05) is 22.0 Å². The van der Waals surface area contributed by atoms with Crippen LogP contribution in [0, 0.1) is 5.82 Å². The summed E-state index contributed by atoms with van der Waals surface area (Å²) >= 11 is 5.89. The Labute approximate surface area is 159 Å². The highest BCUT2D eigenvalue weighted by atomic mass is 35.5. The molecule has 2 N–H and O–H groups in total. The molecule has 4 rings (SSSR count). The van der Waals surface area contributed by atoms with Crippen LogP contribution in [0.15, 0.2) is 66.1 Å². The first-order valence-corrected chi connectivity index (χ1v) is 8.61. The second kappa shape index (κ2) is 6.85. The Morgan fingerprint density at radius 1 is 1.22 bits per heavy atom. The lowest BCUT2D eigenvalue weighted by atomic mass is 9.94. The van der Waals surface area contributed by atoms with Crippen LogP contribution in [0.5, 0.6) is 0 Å². The van der Waals surface area contributed by atoms with E-state index in [4.69, 9.17) is 11.6 Å². The summed E-state index contributed by atoms with van der Waals surface area (Å²) in [5, 5.41) is 10.6. The molecular formula is C19H15ClFN5O. The van der Waals surface area contributed by atoms with E-state index in [0.717, 1.165) is 0 Å². The van der Waals surface area contributed by atoms with Crippen LogP contribution in [0.3, 0.4) is 0 Å². The van der Waals surface area contributed by atoms with Crippen molar-refractivity contribution in [1.29, 1.82) is 0 Å². The van der Waals surface area contributed by atoms with E-state index >= 15 is 0 Å². The molecule has 1 aliphatic rings. The summed E-state index contributed by atoms with van der Waals surface area (Å²) in [6, 6.07) is 12.3. The molecule has 27 heavy (non-hydrogen) atoms. The predicted octanol–water partition coefficient (Wildman–Crippen LogP) is 4.00. The van der Waals surface area contributed by atoms with Crippen LogP contribution >= 0.6 is 11.6 Å². The average molecular weight is 384 g/mol. The smallest absolute Gasteiger partial charge is 0.255 e. The SMILES string of the molecule is CC1=C(C(=O)Nc2ccc(Cl)cc2)[C@H](c2ccccc2F)n2ncnc2N1. The van der Waals surface area contributed by atoms with Crippen molar-refractivity contribution in [3.63, 3.8) is 0 Å². The topological polar surface area (TPSA) is 71.8 Å². The number of nitrogens with zero attached hydrogens (tertiary/aromatic N) is 3. The van der Waals surface area contributed by atoms with E-state index in [2.05, 4.69) is 20.7 Å². The van der Waals surface area contributed by atoms with Gasteiger partial charge in [0.25, 0.3) is 5.91 Å². The molecule has 6 nitrogen and oxygen atoms in total. The van der Waals surface area contributed by atoms with Gasteiger partial charge in [0.05, 0.1) is 5.57 Å². The summed E-state index contributed by atoms with van der Waals surface area (Å²) in [5.41, 5.74) is 1.86. The number of anilines is 2. The minimum atomic E-state index is -0.739. The standard InChI is InChI=1S/C19H15ClFN5O/c1-11-16(18(27)25-13-8-6-12(20)7-9-13)17(14-4-2-3-5-15(14)21)26-19(24-11)22-10-23-26/h2-10,17H,1H3,(H,25,27)(H,22,23,24)/t17-/m0/s1. The summed E-state index contributed by atoms with van der Waals surface area (Å²) in [6.45, 7) is 1.75. The van der Waals surface area contributed by atoms with E-state index in [1.54, 1.807) is 49.4 Å². The van der Waals surface area contributed by atoms with Gasteiger partial charge in [0.1, 0.15) is 18.2 Å². The number of carbonyl (C=O) groups excluding carboxylic acids is 1. The second-order valence-corrected chi connectivity index (χ2v) is 6.51. The van der Waals surface area contributed by atoms with Gasteiger partial charge in [-0.15, -0.1) is 0 Å². The maximum absolute atomic E-state index is 14.6. The summed E-state index contributed by atoms with van der Waals surface area (Å²) < 4.78 is 16.1. The normalized spacial score (nSPS) is 15.9. The van der Waals surface area contributed by atoms with Crippen LogP contribution < -0.4 is 10.6 Å². The van der Waals surface area contributed by atoms with Crippen LogP contribution in [-0.2, 0) is 4.79 Å². The van der Waals surface area contributed by atoms with Crippen LogP contribution in [0.25, 0.3) is 0 Å². The van der Waals surface area contributed by atoms with E-state index in [1.807, 2.05) is 0 Å². The lowest BCUT2D eigenvalue weighted by Gasteiger charge is -2.28. The fourth-order valence-corrected chi connectivity index (χ4v) is 3.23. The third-order valence-electron chi connectivity index (χ3n) is 4.34. The number of halogens is 2. The largest absolute Gasteiger partial charge is 0.328 e. The quantitative estimate of drug-likeness (QED) is 0.717. The van der Waals surface area contributed by atoms with Crippen molar-refractivity contribution in [1.82, 2.24) is 14.8 Å². The highest BCUT2D eigenvalue weighted by Gasteiger charge is 2.34. The van der Waals surface area contributed by atoms with Crippen molar-refractivity contribution in [2.75, 3.05) is 10.6 Å². The molecule has 8 heteroatoms. The lowest BCUT2D eigenvalue weighted by Crippen LogP contribution is -2.32. The molecule has 0 saturated heterocycles. The molecule has 1 amide bonds.